The van der Waals surface area contributed by atoms with E-state index in [1.165, 1.54) is 0 Å². The molecule has 0 atom stereocenters. The largest absolute Gasteiger partial charge is 0.338 e. The third kappa shape index (κ3) is 6.04. The van der Waals surface area contributed by atoms with Crippen molar-refractivity contribution >= 4 is 21.6 Å². The summed E-state index contributed by atoms with van der Waals surface area (Å²) in [5.41, 5.74) is 2.00. The molecule has 2 N–H and O–H groups in total. The number of sulfone groups is 1. The van der Waals surface area contributed by atoms with Gasteiger partial charge in [0.15, 0.2) is 9.84 Å². The molecular weight excluding hydrogens is 324 g/mol. The van der Waals surface area contributed by atoms with Gasteiger partial charge in [0, 0.05) is 12.2 Å². The number of amides is 2. The quantitative estimate of drug-likeness (QED) is 0.807. The van der Waals surface area contributed by atoms with Gasteiger partial charge in [-0.2, -0.15) is 0 Å². The van der Waals surface area contributed by atoms with E-state index >= 15 is 0 Å². The lowest BCUT2D eigenvalue weighted by atomic mass is 10.2. The number of rotatable bonds is 7. The van der Waals surface area contributed by atoms with E-state index in [-0.39, 0.29) is 17.5 Å². The van der Waals surface area contributed by atoms with Crippen LogP contribution >= 0.6 is 0 Å². The molecule has 0 saturated carbocycles. The van der Waals surface area contributed by atoms with E-state index < -0.39 is 9.84 Å². The zero-order valence-electron chi connectivity index (χ0n) is 13.7. The Balaban J connectivity index is 2.02. The molecule has 2 rings (SSSR count). The minimum absolute atomic E-state index is 0.00246. The standard InChI is InChI=1S/C18H22N2O3S/c1-2-11-19-18(21)20-17-10-6-9-16(12-17)14-24(22,23)13-15-7-4-3-5-8-15/h3-10,12H,2,11,13-14H2,1H3,(H2,19,20,21). The van der Waals surface area contributed by atoms with Crippen molar-refractivity contribution in [3.8, 4) is 0 Å². The van der Waals surface area contributed by atoms with Crippen molar-refractivity contribution < 1.29 is 13.2 Å². The van der Waals surface area contributed by atoms with Crippen molar-refractivity contribution in [2.45, 2.75) is 24.9 Å². The maximum atomic E-state index is 12.3. The van der Waals surface area contributed by atoms with E-state index in [0.29, 0.717) is 17.8 Å². The van der Waals surface area contributed by atoms with E-state index in [1.54, 1.807) is 36.4 Å². The van der Waals surface area contributed by atoms with Gasteiger partial charge in [0.1, 0.15) is 0 Å². The molecule has 0 spiro atoms. The van der Waals surface area contributed by atoms with Crippen molar-refractivity contribution in [3.63, 3.8) is 0 Å². The van der Waals surface area contributed by atoms with Gasteiger partial charge in [-0.05, 0) is 29.7 Å². The SMILES string of the molecule is CCCNC(=O)Nc1cccc(CS(=O)(=O)Cc2ccccc2)c1. The number of carbonyl (C=O) groups excluding carboxylic acids is 1. The lowest BCUT2D eigenvalue weighted by Gasteiger charge is -2.09. The first-order valence-electron chi connectivity index (χ1n) is 7.86. The van der Waals surface area contributed by atoms with E-state index in [0.717, 1.165) is 12.0 Å². The molecule has 0 radical (unpaired) electrons. The van der Waals surface area contributed by atoms with Crippen molar-refractivity contribution in [1.82, 2.24) is 5.32 Å². The minimum Gasteiger partial charge on any atom is -0.338 e. The summed E-state index contributed by atoms with van der Waals surface area (Å²) in [4.78, 5) is 11.7. The minimum atomic E-state index is -3.28. The first-order valence-corrected chi connectivity index (χ1v) is 9.69. The Bertz CT molecular complexity index is 774. The van der Waals surface area contributed by atoms with Gasteiger partial charge in [0.25, 0.3) is 0 Å². The average molecular weight is 346 g/mol. The highest BCUT2D eigenvalue weighted by Crippen LogP contribution is 2.16. The highest BCUT2D eigenvalue weighted by molar-refractivity contribution is 7.89. The zero-order chi connectivity index (χ0) is 17.4. The molecule has 0 aromatic heterocycles. The Morgan fingerprint density at radius 1 is 0.958 bits per heavy atom. The highest BCUT2D eigenvalue weighted by Gasteiger charge is 2.13. The van der Waals surface area contributed by atoms with Crippen molar-refractivity contribution in [1.29, 1.82) is 0 Å². The molecule has 0 aliphatic heterocycles. The third-order valence-electron chi connectivity index (χ3n) is 3.34. The van der Waals surface area contributed by atoms with Crippen molar-refractivity contribution in [3.05, 3.63) is 65.7 Å². The summed E-state index contributed by atoms with van der Waals surface area (Å²) in [5.74, 6) is -0.0591. The van der Waals surface area contributed by atoms with Gasteiger partial charge in [-0.15, -0.1) is 0 Å². The summed E-state index contributed by atoms with van der Waals surface area (Å²) in [7, 11) is -3.28. The van der Waals surface area contributed by atoms with Gasteiger partial charge in [-0.3, -0.25) is 0 Å². The lowest BCUT2D eigenvalue weighted by Crippen LogP contribution is -2.29. The number of hydrogen-bond donors (Lipinski definition) is 2. The fourth-order valence-corrected chi connectivity index (χ4v) is 3.78. The molecule has 0 fully saturated rings. The molecule has 0 bridgehead atoms. The van der Waals surface area contributed by atoms with Crippen LogP contribution in [0.4, 0.5) is 10.5 Å². The average Bonchev–Trinajstić information content (AvgIpc) is 2.53. The Morgan fingerprint density at radius 2 is 1.62 bits per heavy atom. The summed E-state index contributed by atoms with van der Waals surface area (Å²) in [6.45, 7) is 2.56. The summed E-state index contributed by atoms with van der Waals surface area (Å²) >= 11 is 0. The molecule has 0 aliphatic carbocycles. The topological polar surface area (TPSA) is 75.3 Å². The van der Waals surface area contributed by atoms with Gasteiger partial charge in [-0.1, -0.05) is 49.4 Å². The lowest BCUT2D eigenvalue weighted by molar-refractivity contribution is 0.252. The van der Waals surface area contributed by atoms with Crippen LogP contribution in [-0.4, -0.2) is 21.0 Å². The fourth-order valence-electron chi connectivity index (χ4n) is 2.29. The second-order valence-corrected chi connectivity index (χ2v) is 7.66. The van der Waals surface area contributed by atoms with Crippen LogP contribution in [0, 0.1) is 0 Å². The Kier molecular flexibility index (Phi) is 6.37. The first kappa shape index (κ1) is 18.0. The summed E-state index contributed by atoms with van der Waals surface area (Å²) < 4.78 is 24.7. The fraction of sp³-hybridized carbons (Fsp3) is 0.278. The molecule has 24 heavy (non-hydrogen) atoms. The van der Waals surface area contributed by atoms with Crippen LogP contribution in [0.1, 0.15) is 24.5 Å². The molecule has 5 nitrogen and oxygen atoms in total. The van der Waals surface area contributed by atoms with E-state index in [2.05, 4.69) is 10.6 Å². The van der Waals surface area contributed by atoms with Crippen LogP contribution in [0.25, 0.3) is 0 Å². The predicted molar refractivity (Wildman–Crippen MR) is 96.5 cm³/mol. The Morgan fingerprint density at radius 3 is 2.33 bits per heavy atom. The number of nitrogens with one attached hydrogen (secondary N) is 2. The van der Waals surface area contributed by atoms with Gasteiger partial charge in [0.2, 0.25) is 0 Å². The van der Waals surface area contributed by atoms with Crippen LogP contribution in [-0.2, 0) is 21.3 Å². The monoisotopic (exact) mass is 346 g/mol. The van der Waals surface area contributed by atoms with Crippen LogP contribution in [0.2, 0.25) is 0 Å². The molecule has 0 unspecified atom stereocenters. The molecular formula is C18H22N2O3S. The molecule has 0 aliphatic rings. The molecule has 2 amide bonds. The Labute approximate surface area is 143 Å². The van der Waals surface area contributed by atoms with E-state index in [4.69, 9.17) is 0 Å². The molecule has 2 aromatic carbocycles. The molecule has 2 aromatic rings. The van der Waals surface area contributed by atoms with Gasteiger partial charge in [-0.25, -0.2) is 13.2 Å². The van der Waals surface area contributed by atoms with Crippen molar-refractivity contribution in [2.24, 2.45) is 0 Å². The maximum Gasteiger partial charge on any atom is 0.319 e. The number of hydrogen-bond acceptors (Lipinski definition) is 3. The van der Waals surface area contributed by atoms with Gasteiger partial charge < -0.3 is 10.6 Å². The van der Waals surface area contributed by atoms with E-state index in [1.807, 2.05) is 25.1 Å². The number of carbonyl (C=O) groups is 1. The maximum absolute atomic E-state index is 12.3. The van der Waals surface area contributed by atoms with Gasteiger partial charge >= 0.3 is 6.03 Å². The number of urea groups is 1. The Hall–Kier alpha value is -2.34. The van der Waals surface area contributed by atoms with Crippen LogP contribution in [0.15, 0.2) is 54.6 Å². The van der Waals surface area contributed by atoms with Crippen molar-refractivity contribution in [2.75, 3.05) is 11.9 Å². The van der Waals surface area contributed by atoms with Crippen LogP contribution in [0.5, 0.6) is 0 Å². The predicted octanol–water partition coefficient (Wildman–Crippen LogP) is 3.33. The smallest absolute Gasteiger partial charge is 0.319 e. The summed E-state index contributed by atoms with van der Waals surface area (Å²) in [5, 5.41) is 5.42. The van der Waals surface area contributed by atoms with E-state index in [9.17, 15) is 13.2 Å². The molecule has 0 heterocycles. The molecule has 128 valence electrons. The second-order valence-electron chi connectivity index (χ2n) is 5.60. The highest BCUT2D eigenvalue weighted by atomic mass is 32.2. The molecule has 0 saturated heterocycles. The first-order chi connectivity index (χ1) is 11.5. The summed E-state index contributed by atoms with van der Waals surface area (Å²) in [6, 6.07) is 15.7. The normalized spacial score (nSPS) is 11.0. The molecule has 6 heteroatoms. The summed E-state index contributed by atoms with van der Waals surface area (Å²) in [6.07, 6.45) is 0.852. The van der Waals surface area contributed by atoms with Gasteiger partial charge in [0.05, 0.1) is 11.5 Å². The number of benzene rings is 2. The zero-order valence-corrected chi connectivity index (χ0v) is 14.5. The third-order valence-corrected chi connectivity index (χ3v) is 4.88. The second kappa shape index (κ2) is 8.49. The van der Waals surface area contributed by atoms with Crippen LogP contribution < -0.4 is 10.6 Å². The van der Waals surface area contributed by atoms with Crippen LogP contribution in [0.3, 0.4) is 0 Å². The number of anilines is 1.